The Balaban J connectivity index is 2.24. The summed E-state index contributed by atoms with van der Waals surface area (Å²) in [6.07, 6.45) is 4.20. The molecule has 5 heteroatoms. The van der Waals surface area contributed by atoms with Crippen LogP contribution in [0.15, 0.2) is 18.2 Å². The van der Waals surface area contributed by atoms with Crippen molar-refractivity contribution in [2.45, 2.75) is 44.7 Å². The zero-order chi connectivity index (χ0) is 14.5. The number of hydrogen-bond acceptors (Lipinski definition) is 4. The zero-order valence-corrected chi connectivity index (χ0v) is 11.6. The highest BCUT2D eigenvalue weighted by Crippen LogP contribution is 2.34. The fraction of sp³-hybridized carbons (Fsp3) is 0.533. The van der Waals surface area contributed by atoms with Crippen LogP contribution < -0.4 is 10.1 Å². The normalized spacial score (nSPS) is 17.1. The summed E-state index contributed by atoms with van der Waals surface area (Å²) in [6, 6.07) is 4.26. The van der Waals surface area contributed by atoms with Crippen molar-refractivity contribution in [2.24, 2.45) is 0 Å². The molecule has 1 aromatic rings. The van der Waals surface area contributed by atoms with E-state index in [1.807, 2.05) is 6.92 Å². The number of nitrogens with one attached hydrogen (secondary N) is 1. The lowest BCUT2D eigenvalue weighted by atomic mass is 10.0. The van der Waals surface area contributed by atoms with Gasteiger partial charge >= 0.3 is 5.97 Å². The van der Waals surface area contributed by atoms with Crippen LogP contribution >= 0.6 is 0 Å². The lowest BCUT2D eigenvalue weighted by molar-refractivity contribution is -0.140. The maximum atomic E-state index is 11.5. The molecule has 20 heavy (non-hydrogen) atoms. The van der Waals surface area contributed by atoms with Crippen LogP contribution in [0.5, 0.6) is 11.5 Å². The highest BCUT2D eigenvalue weighted by atomic mass is 16.5. The molecule has 0 radical (unpaired) electrons. The Morgan fingerprint density at radius 1 is 1.45 bits per heavy atom. The number of phenolic OH excluding ortho intramolecular Hbond substituents is 1. The summed E-state index contributed by atoms with van der Waals surface area (Å²) in [4.78, 5) is 11.5. The van der Waals surface area contributed by atoms with Gasteiger partial charge in [-0.15, -0.1) is 0 Å². The molecule has 0 heterocycles. The molecular formula is C15H21NO4. The van der Waals surface area contributed by atoms with Gasteiger partial charge in [0.05, 0.1) is 6.61 Å². The van der Waals surface area contributed by atoms with E-state index in [4.69, 9.17) is 4.74 Å². The minimum absolute atomic E-state index is 0.0905. The van der Waals surface area contributed by atoms with Gasteiger partial charge in [-0.05, 0) is 25.8 Å². The van der Waals surface area contributed by atoms with Gasteiger partial charge in [-0.25, -0.2) is 0 Å². The highest BCUT2D eigenvalue weighted by Gasteiger charge is 2.28. The number of carbonyl (C=O) groups is 1. The van der Waals surface area contributed by atoms with E-state index in [1.54, 1.807) is 18.2 Å². The molecule has 5 nitrogen and oxygen atoms in total. The molecular weight excluding hydrogens is 258 g/mol. The second-order valence-corrected chi connectivity index (χ2v) is 5.05. The first-order valence-electron chi connectivity index (χ1n) is 7.07. The third-order valence-corrected chi connectivity index (χ3v) is 3.65. The molecule has 3 N–H and O–H groups in total. The molecule has 0 amide bonds. The number of rotatable bonds is 6. The quantitative estimate of drug-likeness (QED) is 0.745. The lowest BCUT2D eigenvalue weighted by Crippen LogP contribution is -2.35. The minimum Gasteiger partial charge on any atom is -0.504 e. The molecule has 1 unspecified atom stereocenters. The smallest absolute Gasteiger partial charge is 0.325 e. The van der Waals surface area contributed by atoms with Crippen molar-refractivity contribution in [3.63, 3.8) is 0 Å². The third-order valence-electron chi connectivity index (χ3n) is 3.65. The molecule has 110 valence electrons. The monoisotopic (exact) mass is 279 g/mol. The van der Waals surface area contributed by atoms with Crippen molar-refractivity contribution in [1.82, 2.24) is 5.32 Å². The molecule has 0 aliphatic heterocycles. The lowest BCUT2D eigenvalue weighted by Gasteiger charge is -2.21. The predicted molar refractivity (Wildman–Crippen MR) is 75.0 cm³/mol. The van der Waals surface area contributed by atoms with Gasteiger partial charge in [0.2, 0.25) is 0 Å². The van der Waals surface area contributed by atoms with E-state index in [9.17, 15) is 15.0 Å². The van der Waals surface area contributed by atoms with Crippen LogP contribution in [0.25, 0.3) is 0 Å². The Labute approximate surface area is 118 Å². The van der Waals surface area contributed by atoms with Crippen molar-refractivity contribution in [1.29, 1.82) is 0 Å². The first kappa shape index (κ1) is 14.7. The molecule has 1 atom stereocenters. The summed E-state index contributed by atoms with van der Waals surface area (Å²) in [5, 5.41) is 22.7. The number of hydrogen-bond donors (Lipinski definition) is 3. The van der Waals surface area contributed by atoms with E-state index in [1.165, 1.54) is 0 Å². The van der Waals surface area contributed by atoms with Crippen molar-refractivity contribution >= 4 is 5.97 Å². The van der Waals surface area contributed by atoms with Gasteiger partial charge < -0.3 is 14.9 Å². The molecule has 1 aliphatic rings. The second-order valence-electron chi connectivity index (χ2n) is 5.05. The number of carboxylic acids is 1. The number of benzene rings is 1. The minimum atomic E-state index is -0.985. The SMILES string of the molecule is CCOc1cccc(C(NC2CCCC2)C(=O)O)c1O. The zero-order valence-electron chi connectivity index (χ0n) is 11.6. The average molecular weight is 279 g/mol. The first-order valence-corrected chi connectivity index (χ1v) is 7.07. The van der Waals surface area contributed by atoms with Crippen molar-refractivity contribution in [2.75, 3.05) is 6.61 Å². The van der Waals surface area contributed by atoms with Crippen molar-refractivity contribution < 1.29 is 19.7 Å². The number of para-hydroxylation sites is 1. The molecule has 0 saturated heterocycles. The van der Waals surface area contributed by atoms with Gasteiger partial charge in [0.1, 0.15) is 6.04 Å². The predicted octanol–water partition coefficient (Wildman–Crippen LogP) is 2.45. The first-order chi connectivity index (χ1) is 9.63. The maximum absolute atomic E-state index is 11.5. The van der Waals surface area contributed by atoms with Gasteiger partial charge in [-0.2, -0.15) is 0 Å². The van der Waals surface area contributed by atoms with Crippen LogP contribution in [0, 0.1) is 0 Å². The van der Waals surface area contributed by atoms with Gasteiger partial charge in [-0.1, -0.05) is 25.0 Å². The summed E-state index contributed by atoms with van der Waals surface area (Å²) in [7, 11) is 0. The fourth-order valence-corrected chi connectivity index (χ4v) is 2.67. The Bertz CT molecular complexity index is 469. The van der Waals surface area contributed by atoms with Gasteiger partial charge in [0.25, 0.3) is 0 Å². The highest BCUT2D eigenvalue weighted by molar-refractivity contribution is 5.77. The van der Waals surface area contributed by atoms with Gasteiger partial charge in [-0.3, -0.25) is 10.1 Å². The van der Waals surface area contributed by atoms with E-state index in [2.05, 4.69) is 5.32 Å². The molecule has 1 aliphatic carbocycles. The van der Waals surface area contributed by atoms with E-state index >= 15 is 0 Å². The van der Waals surface area contributed by atoms with Gasteiger partial charge in [0, 0.05) is 11.6 Å². The Kier molecular flexibility index (Phi) is 4.84. The van der Waals surface area contributed by atoms with Gasteiger partial charge in [0.15, 0.2) is 11.5 Å². The number of carboxylic acid groups (broad SMARTS) is 1. The molecule has 2 rings (SSSR count). The fourth-order valence-electron chi connectivity index (χ4n) is 2.67. The molecule has 1 fully saturated rings. The van der Waals surface area contributed by atoms with Crippen LogP contribution in [-0.4, -0.2) is 28.8 Å². The number of aliphatic carboxylic acids is 1. The maximum Gasteiger partial charge on any atom is 0.325 e. The number of phenols is 1. The van der Waals surface area contributed by atoms with E-state index in [0.29, 0.717) is 17.9 Å². The topological polar surface area (TPSA) is 78.8 Å². The van der Waals surface area contributed by atoms with E-state index < -0.39 is 12.0 Å². The standard InChI is InChI=1S/C15H21NO4/c1-2-20-12-9-5-8-11(14(12)17)13(15(18)19)16-10-6-3-4-7-10/h5,8-10,13,16-17H,2-4,6-7H2,1H3,(H,18,19). The summed E-state index contributed by atoms with van der Waals surface area (Å²) in [6.45, 7) is 2.24. The summed E-state index contributed by atoms with van der Waals surface area (Å²) >= 11 is 0. The molecule has 0 spiro atoms. The van der Waals surface area contributed by atoms with Crippen molar-refractivity contribution in [3.8, 4) is 11.5 Å². The van der Waals surface area contributed by atoms with E-state index in [-0.39, 0.29) is 11.8 Å². The Morgan fingerprint density at radius 2 is 2.15 bits per heavy atom. The number of ether oxygens (including phenoxy) is 1. The van der Waals surface area contributed by atoms with Crippen LogP contribution in [0.4, 0.5) is 0 Å². The summed E-state index contributed by atoms with van der Waals surface area (Å²) in [5.74, 6) is -0.752. The largest absolute Gasteiger partial charge is 0.504 e. The molecule has 1 aromatic carbocycles. The molecule has 1 saturated carbocycles. The summed E-state index contributed by atoms with van der Waals surface area (Å²) in [5.41, 5.74) is 0.357. The third kappa shape index (κ3) is 3.22. The van der Waals surface area contributed by atoms with Crippen LogP contribution in [-0.2, 0) is 4.79 Å². The van der Waals surface area contributed by atoms with Crippen LogP contribution in [0.1, 0.15) is 44.2 Å². The Hall–Kier alpha value is -1.75. The average Bonchev–Trinajstić information content (AvgIpc) is 2.92. The molecule has 0 aromatic heterocycles. The summed E-state index contributed by atoms with van der Waals surface area (Å²) < 4.78 is 5.31. The van der Waals surface area contributed by atoms with Crippen LogP contribution in [0.2, 0.25) is 0 Å². The molecule has 0 bridgehead atoms. The van der Waals surface area contributed by atoms with E-state index in [0.717, 1.165) is 25.7 Å². The van der Waals surface area contributed by atoms with Crippen LogP contribution in [0.3, 0.4) is 0 Å². The Morgan fingerprint density at radius 3 is 2.75 bits per heavy atom. The number of aromatic hydroxyl groups is 1. The van der Waals surface area contributed by atoms with Crippen molar-refractivity contribution in [3.05, 3.63) is 23.8 Å². The second kappa shape index (κ2) is 6.61.